The van der Waals surface area contributed by atoms with Crippen molar-refractivity contribution in [2.24, 2.45) is 0 Å². The molecule has 1 heterocycles. The van der Waals surface area contributed by atoms with Crippen molar-refractivity contribution in [3.05, 3.63) is 65.7 Å². The number of rotatable bonds is 2. The summed E-state index contributed by atoms with van der Waals surface area (Å²) in [5.74, 6) is 0.587. The number of likely N-dealkylation sites (tertiary alicyclic amines) is 1. The Balaban J connectivity index is 1.61. The highest BCUT2D eigenvalue weighted by atomic mass is 32.1. The summed E-state index contributed by atoms with van der Waals surface area (Å²) >= 11 is 5.55. The third-order valence-corrected chi connectivity index (χ3v) is 4.41. The summed E-state index contributed by atoms with van der Waals surface area (Å²) in [6.45, 7) is 4.12. The Kier molecular flexibility index (Phi) is 4.20. The minimum Gasteiger partial charge on any atom is -0.348 e. The van der Waals surface area contributed by atoms with E-state index in [1.165, 1.54) is 17.5 Å². The van der Waals surface area contributed by atoms with Crippen LogP contribution in [0.1, 0.15) is 23.5 Å². The lowest BCUT2D eigenvalue weighted by Gasteiger charge is -2.20. The van der Waals surface area contributed by atoms with E-state index in [1.54, 1.807) is 0 Å². The first kappa shape index (κ1) is 14.1. The van der Waals surface area contributed by atoms with Gasteiger partial charge in [0.25, 0.3) is 0 Å². The van der Waals surface area contributed by atoms with Crippen LogP contribution >= 0.6 is 12.2 Å². The summed E-state index contributed by atoms with van der Waals surface area (Å²) in [4.78, 5) is 2.27. The molecule has 0 spiro atoms. The van der Waals surface area contributed by atoms with Crippen LogP contribution in [0.25, 0.3) is 0 Å². The topological polar surface area (TPSA) is 15.3 Å². The van der Waals surface area contributed by atoms with Gasteiger partial charge in [0.1, 0.15) is 0 Å². The van der Waals surface area contributed by atoms with Crippen molar-refractivity contribution >= 4 is 23.0 Å². The van der Waals surface area contributed by atoms with Gasteiger partial charge in [0.05, 0.1) is 0 Å². The molecule has 1 aliphatic rings. The molecule has 2 nitrogen and oxygen atoms in total. The molecule has 2 aromatic rings. The highest BCUT2D eigenvalue weighted by Gasteiger charge is 2.25. The Labute approximate surface area is 131 Å². The van der Waals surface area contributed by atoms with Crippen molar-refractivity contribution in [3.8, 4) is 0 Å². The van der Waals surface area contributed by atoms with E-state index >= 15 is 0 Å². The highest BCUT2D eigenvalue weighted by molar-refractivity contribution is 7.80. The Bertz CT molecular complexity index is 607. The second kappa shape index (κ2) is 6.27. The molecule has 108 valence electrons. The van der Waals surface area contributed by atoms with Crippen LogP contribution in [0.3, 0.4) is 0 Å². The Morgan fingerprint density at radius 1 is 1.10 bits per heavy atom. The molecule has 3 rings (SSSR count). The van der Waals surface area contributed by atoms with Crippen molar-refractivity contribution in [1.82, 2.24) is 4.90 Å². The molecule has 1 N–H and O–H groups in total. The van der Waals surface area contributed by atoms with Gasteiger partial charge in [0.2, 0.25) is 0 Å². The summed E-state index contributed by atoms with van der Waals surface area (Å²) in [5.41, 5.74) is 3.74. The van der Waals surface area contributed by atoms with E-state index in [1.807, 2.05) is 0 Å². The number of hydrogen-bond donors (Lipinski definition) is 1. The van der Waals surface area contributed by atoms with E-state index in [4.69, 9.17) is 12.2 Å². The Morgan fingerprint density at radius 3 is 2.52 bits per heavy atom. The molecule has 0 aromatic heterocycles. The fourth-order valence-electron chi connectivity index (χ4n) is 2.78. The molecule has 0 amide bonds. The maximum absolute atomic E-state index is 5.55. The van der Waals surface area contributed by atoms with Gasteiger partial charge in [-0.3, -0.25) is 0 Å². The lowest BCUT2D eigenvalue weighted by molar-refractivity contribution is 0.518. The number of anilines is 1. The van der Waals surface area contributed by atoms with E-state index in [0.717, 1.165) is 23.9 Å². The summed E-state index contributed by atoms with van der Waals surface area (Å²) in [5, 5.41) is 4.17. The third-order valence-electron chi connectivity index (χ3n) is 4.05. The predicted octanol–water partition coefficient (Wildman–Crippen LogP) is 4.18. The van der Waals surface area contributed by atoms with Crippen LogP contribution in [0.5, 0.6) is 0 Å². The lowest BCUT2D eigenvalue weighted by Crippen LogP contribution is -2.32. The van der Waals surface area contributed by atoms with Gasteiger partial charge in [-0.1, -0.05) is 48.0 Å². The Hall–Kier alpha value is -1.87. The van der Waals surface area contributed by atoms with Crippen LogP contribution in [-0.2, 0) is 0 Å². The molecule has 0 aliphatic carbocycles. The molecule has 3 heteroatoms. The smallest absolute Gasteiger partial charge is 0.173 e. The standard InChI is InChI=1S/C18H20N2S/c1-14-7-9-17(10-8-14)19-18(21)20-12-11-16(13-20)15-5-3-2-4-6-15/h2-10,16H,11-13H2,1H3,(H,19,21). The van der Waals surface area contributed by atoms with Crippen LogP contribution in [0.2, 0.25) is 0 Å². The van der Waals surface area contributed by atoms with Gasteiger partial charge in [-0.15, -0.1) is 0 Å². The number of benzene rings is 2. The highest BCUT2D eigenvalue weighted by Crippen LogP contribution is 2.27. The summed E-state index contributed by atoms with van der Waals surface area (Å²) < 4.78 is 0. The zero-order valence-corrected chi connectivity index (χ0v) is 13.1. The third kappa shape index (κ3) is 3.42. The van der Waals surface area contributed by atoms with Gasteiger partial charge in [-0.2, -0.15) is 0 Å². The van der Waals surface area contributed by atoms with Gasteiger partial charge in [0.15, 0.2) is 5.11 Å². The van der Waals surface area contributed by atoms with E-state index < -0.39 is 0 Å². The van der Waals surface area contributed by atoms with Gasteiger partial charge in [-0.25, -0.2) is 0 Å². The fraction of sp³-hybridized carbons (Fsp3) is 0.278. The van der Waals surface area contributed by atoms with Crippen molar-refractivity contribution < 1.29 is 0 Å². The molecule has 1 saturated heterocycles. The molecule has 1 unspecified atom stereocenters. The average molecular weight is 296 g/mol. The first-order chi connectivity index (χ1) is 10.2. The maximum atomic E-state index is 5.55. The normalized spacial score (nSPS) is 17.8. The van der Waals surface area contributed by atoms with Gasteiger partial charge in [0, 0.05) is 24.7 Å². The fourth-order valence-corrected chi connectivity index (χ4v) is 3.07. The first-order valence-corrected chi connectivity index (χ1v) is 7.81. The number of nitrogens with zero attached hydrogens (tertiary/aromatic N) is 1. The van der Waals surface area contributed by atoms with Crippen LogP contribution in [0.15, 0.2) is 54.6 Å². The molecule has 2 aromatic carbocycles. The van der Waals surface area contributed by atoms with Crippen LogP contribution in [-0.4, -0.2) is 23.1 Å². The molecule has 1 aliphatic heterocycles. The quantitative estimate of drug-likeness (QED) is 0.837. The van der Waals surface area contributed by atoms with Crippen LogP contribution in [0.4, 0.5) is 5.69 Å². The molecular weight excluding hydrogens is 276 g/mol. The monoisotopic (exact) mass is 296 g/mol. The van der Waals surface area contributed by atoms with Crippen molar-refractivity contribution in [2.75, 3.05) is 18.4 Å². The van der Waals surface area contributed by atoms with E-state index in [0.29, 0.717) is 5.92 Å². The maximum Gasteiger partial charge on any atom is 0.173 e. The Morgan fingerprint density at radius 2 is 1.81 bits per heavy atom. The predicted molar refractivity (Wildman–Crippen MR) is 92.8 cm³/mol. The SMILES string of the molecule is Cc1ccc(NC(=S)N2CCC(c3ccccc3)C2)cc1. The van der Waals surface area contributed by atoms with E-state index in [2.05, 4.69) is 71.7 Å². The molecular formula is C18H20N2S. The minimum absolute atomic E-state index is 0.587. The molecule has 21 heavy (non-hydrogen) atoms. The van der Waals surface area contributed by atoms with E-state index in [-0.39, 0.29) is 0 Å². The summed E-state index contributed by atoms with van der Waals surface area (Å²) in [7, 11) is 0. The summed E-state index contributed by atoms with van der Waals surface area (Å²) in [6.07, 6.45) is 1.17. The second-order valence-corrected chi connectivity index (χ2v) is 6.03. The molecule has 1 atom stereocenters. The number of nitrogens with one attached hydrogen (secondary N) is 1. The molecule has 0 saturated carbocycles. The molecule has 0 radical (unpaired) electrons. The number of thiocarbonyl (C=S) groups is 1. The van der Waals surface area contributed by atoms with Gasteiger partial charge < -0.3 is 10.2 Å². The molecule has 1 fully saturated rings. The first-order valence-electron chi connectivity index (χ1n) is 7.40. The van der Waals surface area contributed by atoms with Gasteiger partial charge in [-0.05, 0) is 43.3 Å². The number of hydrogen-bond acceptors (Lipinski definition) is 1. The largest absolute Gasteiger partial charge is 0.348 e. The zero-order valence-electron chi connectivity index (χ0n) is 12.3. The number of aryl methyl sites for hydroxylation is 1. The average Bonchev–Trinajstić information content (AvgIpc) is 3.00. The minimum atomic E-state index is 0.587. The van der Waals surface area contributed by atoms with E-state index in [9.17, 15) is 0 Å². The zero-order chi connectivity index (χ0) is 14.7. The van der Waals surface area contributed by atoms with Crippen LogP contribution in [0, 0.1) is 6.92 Å². The summed E-state index contributed by atoms with van der Waals surface area (Å²) in [6, 6.07) is 19.1. The van der Waals surface area contributed by atoms with Crippen molar-refractivity contribution in [1.29, 1.82) is 0 Å². The second-order valence-electron chi connectivity index (χ2n) is 5.64. The van der Waals surface area contributed by atoms with Crippen molar-refractivity contribution in [3.63, 3.8) is 0 Å². The molecule has 0 bridgehead atoms. The van der Waals surface area contributed by atoms with Crippen LogP contribution < -0.4 is 5.32 Å². The van der Waals surface area contributed by atoms with Crippen molar-refractivity contribution in [2.45, 2.75) is 19.3 Å². The van der Waals surface area contributed by atoms with Gasteiger partial charge >= 0.3 is 0 Å². The lowest BCUT2D eigenvalue weighted by atomic mass is 9.99.